The average Bonchev–Trinajstić information content (AvgIpc) is 2.72. The van der Waals surface area contributed by atoms with Gasteiger partial charge in [0.15, 0.2) is 6.10 Å². The van der Waals surface area contributed by atoms with Crippen LogP contribution in [0.2, 0.25) is 0 Å². The highest BCUT2D eigenvalue weighted by atomic mass is 32.2. The first-order valence-electron chi connectivity index (χ1n) is 10.4. The Balaban J connectivity index is 1.67. The van der Waals surface area contributed by atoms with E-state index in [0.29, 0.717) is 23.5 Å². The van der Waals surface area contributed by atoms with Crippen LogP contribution in [0.1, 0.15) is 30.0 Å². The van der Waals surface area contributed by atoms with Crippen molar-refractivity contribution in [2.45, 2.75) is 45.1 Å². The SMILES string of the molecule is CCC(Oc1ccc(C)cc1)C(=O)Nc1ccc(S(=O)(=O)Nc2cc(C)cc(C)c2)cc1. The van der Waals surface area contributed by atoms with Crippen molar-refractivity contribution in [3.63, 3.8) is 0 Å². The summed E-state index contributed by atoms with van der Waals surface area (Å²) in [6.45, 7) is 7.67. The highest BCUT2D eigenvalue weighted by Crippen LogP contribution is 2.21. The molecule has 0 radical (unpaired) electrons. The van der Waals surface area contributed by atoms with Gasteiger partial charge in [-0.2, -0.15) is 0 Å². The molecule has 0 saturated heterocycles. The average molecular weight is 453 g/mol. The van der Waals surface area contributed by atoms with Gasteiger partial charge in [-0.15, -0.1) is 0 Å². The van der Waals surface area contributed by atoms with Gasteiger partial charge < -0.3 is 10.1 Å². The fourth-order valence-corrected chi connectivity index (χ4v) is 4.33. The molecule has 0 saturated carbocycles. The van der Waals surface area contributed by atoms with Crippen LogP contribution in [0.15, 0.2) is 71.6 Å². The maximum Gasteiger partial charge on any atom is 0.265 e. The number of carbonyl (C=O) groups excluding carboxylic acids is 1. The predicted octanol–water partition coefficient (Wildman–Crippen LogP) is 5.21. The number of carbonyl (C=O) groups is 1. The van der Waals surface area contributed by atoms with Crippen molar-refractivity contribution in [2.75, 3.05) is 10.0 Å². The molecule has 0 spiro atoms. The zero-order valence-corrected chi connectivity index (χ0v) is 19.5. The highest BCUT2D eigenvalue weighted by Gasteiger charge is 2.19. The summed E-state index contributed by atoms with van der Waals surface area (Å²) in [6.07, 6.45) is -0.168. The molecule has 3 aromatic rings. The molecule has 3 rings (SSSR count). The topological polar surface area (TPSA) is 84.5 Å². The second-order valence-corrected chi connectivity index (χ2v) is 9.51. The number of benzene rings is 3. The predicted molar refractivity (Wildman–Crippen MR) is 128 cm³/mol. The minimum atomic E-state index is -3.74. The van der Waals surface area contributed by atoms with Gasteiger partial charge in [0.05, 0.1) is 4.90 Å². The van der Waals surface area contributed by atoms with Gasteiger partial charge in [0.2, 0.25) is 0 Å². The van der Waals surface area contributed by atoms with E-state index in [9.17, 15) is 13.2 Å². The molecule has 3 aromatic carbocycles. The first-order chi connectivity index (χ1) is 15.2. The van der Waals surface area contributed by atoms with Crippen molar-refractivity contribution in [3.05, 3.63) is 83.4 Å². The van der Waals surface area contributed by atoms with Gasteiger partial charge in [-0.05, 0) is 86.8 Å². The minimum absolute atomic E-state index is 0.109. The quantitative estimate of drug-likeness (QED) is 0.491. The first-order valence-corrected chi connectivity index (χ1v) is 11.9. The monoisotopic (exact) mass is 452 g/mol. The molecular formula is C25H28N2O4S. The number of anilines is 2. The van der Waals surface area contributed by atoms with E-state index in [0.717, 1.165) is 16.7 Å². The lowest BCUT2D eigenvalue weighted by Gasteiger charge is -2.17. The van der Waals surface area contributed by atoms with Crippen LogP contribution in [0.4, 0.5) is 11.4 Å². The van der Waals surface area contributed by atoms with E-state index in [-0.39, 0.29) is 10.8 Å². The van der Waals surface area contributed by atoms with Crippen LogP contribution >= 0.6 is 0 Å². The summed E-state index contributed by atoms with van der Waals surface area (Å²) in [5, 5.41) is 2.79. The number of rotatable bonds is 8. The van der Waals surface area contributed by atoms with Crippen molar-refractivity contribution in [1.29, 1.82) is 0 Å². The number of hydrogen-bond donors (Lipinski definition) is 2. The van der Waals surface area contributed by atoms with E-state index >= 15 is 0 Å². The molecule has 2 N–H and O–H groups in total. The Morgan fingerprint density at radius 1 is 0.844 bits per heavy atom. The Labute approximate surface area is 189 Å². The fraction of sp³-hybridized carbons (Fsp3) is 0.240. The van der Waals surface area contributed by atoms with E-state index in [2.05, 4.69) is 10.0 Å². The summed E-state index contributed by atoms with van der Waals surface area (Å²) in [5.74, 6) is 0.327. The smallest absolute Gasteiger partial charge is 0.265 e. The molecule has 0 heterocycles. The Hall–Kier alpha value is -3.32. The van der Waals surface area contributed by atoms with Crippen molar-refractivity contribution in [1.82, 2.24) is 0 Å². The third-order valence-corrected chi connectivity index (χ3v) is 6.27. The molecule has 0 aromatic heterocycles. The molecule has 1 unspecified atom stereocenters. The molecule has 1 atom stereocenters. The second kappa shape index (κ2) is 9.87. The molecule has 0 fully saturated rings. The standard InChI is InChI=1S/C25H28N2O4S/c1-5-24(31-22-10-6-17(2)7-11-22)25(28)26-20-8-12-23(13-9-20)32(29,30)27-21-15-18(3)14-19(4)16-21/h6-16,24,27H,5H2,1-4H3,(H,26,28). The Morgan fingerprint density at radius 2 is 1.44 bits per heavy atom. The lowest BCUT2D eigenvalue weighted by Crippen LogP contribution is -2.32. The van der Waals surface area contributed by atoms with Gasteiger partial charge in [-0.25, -0.2) is 8.42 Å². The highest BCUT2D eigenvalue weighted by molar-refractivity contribution is 7.92. The van der Waals surface area contributed by atoms with Crippen LogP contribution in [0.5, 0.6) is 5.75 Å². The normalized spacial score (nSPS) is 12.1. The first kappa shape index (κ1) is 23.3. The maximum absolute atomic E-state index is 12.7. The molecule has 32 heavy (non-hydrogen) atoms. The third kappa shape index (κ3) is 6.11. The lowest BCUT2D eigenvalue weighted by atomic mass is 10.1. The number of aryl methyl sites for hydroxylation is 3. The molecule has 168 valence electrons. The van der Waals surface area contributed by atoms with Crippen molar-refractivity contribution in [3.8, 4) is 5.75 Å². The van der Waals surface area contributed by atoms with E-state index in [1.807, 2.05) is 58.0 Å². The van der Waals surface area contributed by atoms with Crippen LogP contribution in [0.25, 0.3) is 0 Å². The van der Waals surface area contributed by atoms with E-state index < -0.39 is 16.1 Å². The van der Waals surface area contributed by atoms with Crippen LogP contribution in [-0.2, 0) is 14.8 Å². The van der Waals surface area contributed by atoms with Crippen LogP contribution in [-0.4, -0.2) is 20.4 Å². The number of sulfonamides is 1. The van der Waals surface area contributed by atoms with Gasteiger partial charge in [0.25, 0.3) is 15.9 Å². The number of nitrogens with one attached hydrogen (secondary N) is 2. The zero-order valence-electron chi connectivity index (χ0n) is 18.7. The molecule has 0 aliphatic carbocycles. The summed E-state index contributed by atoms with van der Waals surface area (Å²) in [5.41, 5.74) is 4.06. The summed E-state index contributed by atoms with van der Waals surface area (Å²) < 4.78 is 33.8. The third-order valence-electron chi connectivity index (χ3n) is 4.87. The van der Waals surface area contributed by atoms with Gasteiger partial charge in [-0.3, -0.25) is 9.52 Å². The molecule has 6 nitrogen and oxygen atoms in total. The molecular weight excluding hydrogens is 424 g/mol. The van der Waals surface area contributed by atoms with E-state index in [1.54, 1.807) is 24.3 Å². The fourth-order valence-electron chi connectivity index (χ4n) is 3.29. The van der Waals surface area contributed by atoms with Crippen LogP contribution in [0.3, 0.4) is 0 Å². The summed E-state index contributed by atoms with van der Waals surface area (Å²) in [7, 11) is -3.74. The van der Waals surface area contributed by atoms with Crippen LogP contribution < -0.4 is 14.8 Å². The maximum atomic E-state index is 12.7. The summed E-state index contributed by atoms with van der Waals surface area (Å²) in [4.78, 5) is 12.7. The Kier molecular flexibility index (Phi) is 7.20. The molecule has 1 amide bonds. The number of ether oxygens (including phenoxy) is 1. The van der Waals surface area contributed by atoms with Gasteiger partial charge >= 0.3 is 0 Å². The van der Waals surface area contributed by atoms with E-state index in [1.165, 1.54) is 12.1 Å². The molecule has 0 aliphatic heterocycles. The molecule has 0 aliphatic rings. The number of hydrogen-bond acceptors (Lipinski definition) is 4. The number of amides is 1. The van der Waals surface area contributed by atoms with Crippen molar-refractivity contribution in [2.24, 2.45) is 0 Å². The summed E-state index contributed by atoms with van der Waals surface area (Å²) in [6, 6.07) is 19.1. The van der Waals surface area contributed by atoms with E-state index in [4.69, 9.17) is 4.74 Å². The Bertz CT molecular complexity index is 1170. The van der Waals surface area contributed by atoms with Gasteiger partial charge in [0.1, 0.15) is 5.75 Å². The molecule has 7 heteroatoms. The largest absolute Gasteiger partial charge is 0.481 e. The van der Waals surface area contributed by atoms with Gasteiger partial charge in [0, 0.05) is 11.4 Å². The van der Waals surface area contributed by atoms with Crippen LogP contribution in [0, 0.1) is 20.8 Å². The van der Waals surface area contributed by atoms with Crippen molar-refractivity contribution < 1.29 is 17.9 Å². The molecule has 0 bridgehead atoms. The second-order valence-electron chi connectivity index (χ2n) is 7.82. The zero-order chi connectivity index (χ0) is 23.3. The lowest BCUT2D eigenvalue weighted by molar-refractivity contribution is -0.122. The van der Waals surface area contributed by atoms with Gasteiger partial charge in [-0.1, -0.05) is 30.7 Å². The Morgan fingerprint density at radius 3 is 2.00 bits per heavy atom. The van der Waals surface area contributed by atoms with Crippen molar-refractivity contribution >= 4 is 27.3 Å². The summed E-state index contributed by atoms with van der Waals surface area (Å²) >= 11 is 0. The minimum Gasteiger partial charge on any atom is -0.481 e.